The summed E-state index contributed by atoms with van der Waals surface area (Å²) in [5.41, 5.74) is 4.89. The lowest BCUT2D eigenvalue weighted by molar-refractivity contribution is 0.281. The first kappa shape index (κ1) is 19.3. The highest BCUT2D eigenvalue weighted by Gasteiger charge is 2.13. The number of aryl methyl sites for hydroxylation is 2. The highest BCUT2D eigenvalue weighted by molar-refractivity contribution is 5.83. The molecular weight excluding hydrogens is 336 g/mol. The molecule has 0 saturated heterocycles. The third kappa shape index (κ3) is 4.65. The molecule has 0 aliphatic rings. The molecule has 0 spiro atoms. The van der Waals surface area contributed by atoms with Crippen molar-refractivity contribution in [2.75, 3.05) is 20.6 Å². The summed E-state index contributed by atoms with van der Waals surface area (Å²) < 4.78 is 5.47. The van der Waals surface area contributed by atoms with Crippen molar-refractivity contribution in [1.82, 2.24) is 10.2 Å². The van der Waals surface area contributed by atoms with E-state index in [1.54, 1.807) is 6.07 Å². The summed E-state index contributed by atoms with van der Waals surface area (Å²) in [5, 5.41) is 4.54. The van der Waals surface area contributed by atoms with Crippen LogP contribution in [0.3, 0.4) is 0 Å². The fourth-order valence-electron chi connectivity index (χ4n) is 3.37. The molecule has 142 valence electrons. The number of nitrogens with one attached hydrogen (secondary N) is 1. The van der Waals surface area contributed by atoms with Gasteiger partial charge in [-0.15, -0.1) is 0 Å². The van der Waals surface area contributed by atoms with Gasteiger partial charge in [-0.05, 0) is 56.6 Å². The molecular formula is C23H28N2O2. The highest BCUT2D eigenvalue weighted by Crippen LogP contribution is 2.23. The first-order chi connectivity index (χ1) is 13.0. The quantitative estimate of drug-likeness (QED) is 0.650. The van der Waals surface area contributed by atoms with Crippen LogP contribution < -0.4 is 10.9 Å². The highest BCUT2D eigenvalue weighted by atomic mass is 16.4. The van der Waals surface area contributed by atoms with E-state index in [9.17, 15) is 4.79 Å². The zero-order chi connectivity index (χ0) is 19.4. The zero-order valence-corrected chi connectivity index (χ0v) is 16.6. The van der Waals surface area contributed by atoms with Gasteiger partial charge in [0, 0.05) is 30.6 Å². The molecule has 0 bridgehead atoms. The third-order valence-corrected chi connectivity index (χ3v) is 5.26. The van der Waals surface area contributed by atoms with Gasteiger partial charge in [0.05, 0.1) is 0 Å². The first-order valence-corrected chi connectivity index (χ1v) is 9.39. The van der Waals surface area contributed by atoms with Crippen LogP contribution in [0.4, 0.5) is 0 Å². The molecule has 0 aliphatic heterocycles. The number of hydrogen-bond acceptors (Lipinski definition) is 4. The molecule has 0 saturated carbocycles. The van der Waals surface area contributed by atoms with Crippen molar-refractivity contribution in [3.63, 3.8) is 0 Å². The SMILES string of the molecule is Cc1ccc2c(CNC[C@@H](Cc3ccccc3)N(C)C)cc(=O)oc2c1C. The normalized spacial score (nSPS) is 12.6. The van der Waals surface area contributed by atoms with Gasteiger partial charge >= 0.3 is 5.63 Å². The number of nitrogens with zero attached hydrogens (tertiary/aromatic N) is 1. The summed E-state index contributed by atoms with van der Waals surface area (Å²) in [6, 6.07) is 16.6. The average molecular weight is 364 g/mol. The number of rotatable bonds is 7. The van der Waals surface area contributed by atoms with E-state index < -0.39 is 0 Å². The van der Waals surface area contributed by atoms with Crippen molar-refractivity contribution in [3.05, 3.63) is 81.2 Å². The molecule has 0 amide bonds. The van der Waals surface area contributed by atoms with Gasteiger partial charge in [0.25, 0.3) is 0 Å². The van der Waals surface area contributed by atoms with Crippen LogP contribution in [-0.4, -0.2) is 31.6 Å². The largest absolute Gasteiger partial charge is 0.422 e. The van der Waals surface area contributed by atoms with E-state index in [1.165, 1.54) is 5.56 Å². The fourth-order valence-corrected chi connectivity index (χ4v) is 3.37. The molecule has 1 aromatic heterocycles. The molecule has 0 fully saturated rings. The number of benzene rings is 2. The monoisotopic (exact) mass is 364 g/mol. The maximum absolute atomic E-state index is 12.0. The molecule has 4 heteroatoms. The van der Waals surface area contributed by atoms with Crippen LogP contribution in [0.15, 0.2) is 57.7 Å². The minimum atomic E-state index is -0.290. The standard InChI is InChI=1S/C23H28N2O2/c1-16-10-11-21-19(13-22(26)27-23(21)17(16)2)14-24-15-20(25(3)4)12-18-8-6-5-7-9-18/h5-11,13,20,24H,12,14-15H2,1-4H3/t20-/m1/s1. The Morgan fingerprint density at radius 3 is 2.52 bits per heavy atom. The molecule has 1 atom stereocenters. The second-order valence-corrected chi connectivity index (χ2v) is 7.41. The molecule has 4 nitrogen and oxygen atoms in total. The average Bonchev–Trinajstić information content (AvgIpc) is 2.65. The Morgan fingerprint density at radius 1 is 1.07 bits per heavy atom. The van der Waals surface area contributed by atoms with Crippen LogP contribution in [0.2, 0.25) is 0 Å². The second kappa shape index (κ2) is 8.51. The molecule has 0 aliphatic carbocycles. The lowest BCUT2D eigenvalue weighted by atomic mass is 10.0. The maximum Gasteiger partial charge on any atom is 0.336 e. The maximum atomic E-state index is 12.0. The predicted molar refractivity (Wildman–Crippen MR) is 111 cm³/mol. The molecule has 0 radical (unpaired) electrons. The summed E-state index contributed by atoms with van der Waals surface area (Å²) in [6.07, 6.45) is 0.983. The van der Waals surface area contributed by atoms with E-state index in [4.69, 9.17) is 4.42 Å². The predicted octanol–water partition coefficient (Wildman–Crippen LogP) is 3.67. The van der Waals surface area contributed by atoms with Gasteiger partial charge in [-0.2, -0.15) is 0 Å². The molecule has 0 unspecified atom stereocenters. The molecule has 1 N–H and O–H groups in total. The van der Waals surface area contributed by atoms with Crippen LogP contribution in [0.1, 0.15) is 22.3 Å². The van der Waals surface area contributed by atoms with Gasteiger partial charge in [0.1, 0.15) is 5.58 Å². The van der Waals surface area contributed by atoms with Gasteiger partial charge in [0.15, 0.2) is 0 Å². The van der Waals surface area contributed by atoms with E-state index in [2.05, 4.69) is 54.6 Å². The van der Waals surface area contributed by atoms with E-state index in [1.807, 2.05) is 26.0 Å². The van der Waals surface area contributed by atoms with Crippen LogP contribution in [0.5, 0.6) is 0 Å². The van der Waals surface area contributed by atoms with Crippen LogP contribution in [-0.2, 0) is 13.0 Å². The molecule has 27 heavy (non-hydrogen) atoms. The summed E-state index contributed by atoms with van der Waals surface area (Å²) in [4.78, 5) is 14.3. The van der Waals surface area contributed by atoms with Crippen molar-refractivity contribution >= 4 is 11.0 Å². The summed E-state index contributed by atoms with van der Waals surface area (Å²) in [7, 11) is 4.21. The van der Waals surface area contributed by atoms with E-state index in [0.717, 1.165) is 35.0 Å². The molecule has 2 aromatic carbocycles. The van der Waals surface area contributed by atoms with E-state index in [0.29, 0.717) is 18.2 Å². The Hall–Kier alpha value is -2.43. The molecule has 1 heterocycles. The van der Waals surface area contributed by atoms with Gasteiger partial charge in [-0.1, -0.05) is 42.5 Å². The van der Waals surface area contributed by atoms with Crippen molar-refractivity contribution < 1.29 is 4.42 Å². The van der Waals surface area contributed by atoms with Crippen LogP contribution >= 0.6 is 0 Å². The Balaban J connectivity index is 1.74. The van der Waals surface area contributed by atoms with Crippen LogP contribution in [0.25, 0.3) is 11.0 Å². The Labute approximate surface area is 160 Å². The lowest BCUT2D eigenvalue weighted by Gasteiger charge is -2.25. The first-order valence-electron chi connectivity index (χ1n) is 9.39. The van der Waals surface area contributed by atoms with Gasteiger partial charge < -0.3 is 14.6 Å². The number of fused-ring (bicyclic) bond motifs is 1. The fraction of sp³-hybridized carbons (Fsp3) is 0.348. The van der Waals surface area contributed by atoms with E-state index >= 15 is 0 Å². The third-order valence-electron chi connectivity index (χ3n) is 5.26. The smallest absolute Gasteiger partial charge is 0.336 e. The van der Waals surface area contributed by atoms with Crippen molar-refractivity contribution in [1.29, 1.82) is 0 Å². The zero-order valence-electron chi connectivity index (χ0n) is 16.6. The minimum absolute atomic E-state index is 0.290. The number of likely N-dealkylation sites (N-methyl/N-ethyl adjacent to an activating group) is 1. The Bertz CT molecular complexity index is 961. The van der Waals surface area contributed by atoms with Gasteiger partial charge in [0.2, 0.25) is 0 Å². The van der Waals surface area contributed by atoms with Gasteiger partial charge in [-0.3, -0.25) is 0 Å². The Morgan fingerprint density at radius 2 is 1.81 bits per heavy atom. The van der Waals surface area contributed by atoms with Gasteiger partial charge in [-0.25, -0.2) is 4.79 Å². The molecule has 3 aromatic rings. The topological polar surface area (TPSA) is 45.5 Å². The lowest BCUT2D eigenvalue weighted by Crippen LogP contribution is -2.39. The van der Waals surface area contributed by atoms with Crippen LogP contribution in [0, 0.1) is 13.8 Å². The summed E-state index contributed by atoms with van der Waals surface area (Å²) in [5.74, 6) is 0. The number of hydrogen-bond donors (Lipinski definition) is 1. The molecule has 3 rings (SSSR count). The second-order valence-electron chi connectivity index (χ2n) is 7.41. The summed E-state index contributed by atoms with van der Waals surface area (Å²) >= 11 is 0. The minimum Gasteiger partial charge on any atom is -0.422 e. The van der Waals surface area contributed by atoms with E-state index in [-0.39, 0.29) is 5.63 Å². The van der Waals surface area contributed by atoms with Crippen molar-refractivity contribution in [2.45, 2.75) is 32.9 Å². The van der Waals surface area contributed by atoms with Crippen molar-refractivity contribution in [3.8, 4) is 0 Å². The summed E-state index contributed by atoms with van der Waals surface area (Å²) in [6.45, 7) is 5.52. The van der Waals surface area contributed by atoms with Crippen molar-refractivity contribution in [2.24, 2.45) is 0 Å². The Kier molecular flexibility index (Phi) is 6.09.